The van der Waals surface area contributed by atoms with Crippen LogP contribution in [-0.4, -0.2) is 48.7 Å². The van der Waals surface area contributed by atoms with Gasteiger partial charge in [-0.05, 0) is 28.8 Å². The maximum absolute atomic E-state index is 13.0. The first-order valence-electron chi connectivity index (χ1n) is 9.74. The number of thioether (sulfide) groups is 1. The number of fused-ring (bicyclic) bond motifs is 1. The lowest BCUT2D eigenvalue weighted by atomic mass is 10.0. The highest BCUT2D eigenvalue weighted by Gasteiger charge is 2.36. The van der Waals surface area contributed by atoms with Crippen molar-refractivity contribution >= 4 is 46.4 Å². The van der Waals surface area contributed by atoms with Gasteiger partial charge in [0.2, 0.25) is 5.95 Å². The second-order valence-corrected chi connectivity index (χ2v) is 9.81. The second-order valence-electron chi connectivity index (χ2n) is 6.63. The summed E-state index contributed by atoms with van der Waals surface area (Å²) < 4.78 is 7.82. The van der Waals surface area contributed by atoms with Crippen molar-refractivity contribution in [1.82, 2.24) is 30.4 Å². The highest BCUT2D eigenvalue weighted by atomic mass is 32.2. The number of hydrogen-bond acceptors (Lipinski definition) is 11. The number of hydrogen-bond donors (Lipinski definition) is 1. The Morgan fingerprint density at radius 1 is 1.19 bits per heavy atom. The molecule has 0 saturated carbocycles. The van der Waals surface area contributed by atoms with E-state index in [-0.39, 0.29) is 6.61 Å². The number of carbonyl (C=O) groups is 1. The number of thiophene rings is 1. The summed E-state index contributed by atoms with van der Waals surface area (Å²) in [7, 11) is 0. The van der Waals surface area contributed by atoms with Crippen molar-refractivity contribution in [2.75, 3.05) is 17.7 Å². The zero-order valence-corrected chi connectivity index (χ0v) is 19.3. The normalized spacial score (nSPS) is 15.3. The summed E-state index contributed by atoms with van der Waals surface area (Å²) in [4.78, 5) is 14.0. The van der Waals surface area contributed by atoms with E-state index in [1.807, 2.05) is 47.8 Å². The van der Waals surface area contributed by atoms with Crippen LogP contribution in [0.1, 0.15) is 17.8 Å². The van der Waals surface area contributed by atoms with Gasteiger partial charge in [0.15, 0.2) is 4.34 Å². The molecule has 1 aliphatic heterocycles. The van der Waals surface area contributed by atoms with Crippen LogP contribution in [0.4, 0.5) is 5.95 Å². The van der Waals surface area contributed by atoms with Crippen molar-refractivity contribution in [3.8, 4) is 10.6 Å². The van der Waals surface area contributed by atoms with E-state index in [9.17, 15) is 4.79 Å². The molecule has 0 bridgehead atoms. The number of ether oxygens (including phenoxy) is 1. The molecule has 0 amide bonds. The molecule has 1 atom stereocenters. The van der Waals surface area contributed by atoms with Gasteiger partial charge in [-0.25, -0.2) is 4.79 Å². The Morgan fingerprint density at radius 2 is 2.06 bits per heavy atom. The molecule has 0 saturated heterocycles. The number of benzene rings is 1. The molecule has 5 rings (SSSR count). The average molecular weight is 484 g/mol. The molecule has 0 fully saturated rings. The van der Waals surface area contributed by atoms with Crippen molar-refractivity contribution in [2.24, 2.45) is 0 Å². The van der Waals surface area contributed by atoms with Crippen LogP contribution in [0.2, 0.25) is 0 Å². The Hall–Kier alpha value is -3.09. The molecular weight excluding hydrogens is 466 g/mol. The number of carbonyl (C=O) groups excluding carboxylic acids is 1. The second kappa shape index (κ2) is 9.18. The third-order valence-electron chi connectivity index (χ3n) is 4.67. The first-order valence-corrected chi connectivity index (χ1v) is 12.4. The van der Waals surface area contributed by atoms with Crippen LogP contribution in [0.25, 0.3) is 10.6 Å². The lowest BCUT2D eigenvalue weighted by molar-refractivity contribution is -0.139. The number of nitrogens with one attached hydrogen (secondary N) is 1. The molecule has 12 heteroatoms. The molecule has 32 heavy (non-hydrogen) atoms. The summed E-state index contributed by atoms with van der Waals surface area (Å²) in [6.07, 6.45) is 0. The monoisotopic (exact) mass is 483 g/mol. The minimum absolute atomic E-state index is 0.277. The number of esters is 1. The number of aromatic nitrogens is 6. The third kappa shape index (κ3) is 4.04. The zero-order chi connectivity index (χ0) is 21.9. The van der Waals surface area contributed by atoms with Crippen molar-refractivity contribution in [3.63, 3.8) is 0 Å². The van der Waals surface area contributed by atoms with Gasteiger partial charge in [0.25, 0.3) is 0 Å². The van der Waals surface area contributed by atoms with Gasteiger partial charge in [0.1, 0.15) is 11.0 Å². The maximum Gasteiger partial charge on any atom is 0.338 e. The van der Waals surface area contributed by atoms with Gasteiger partial charge in [-0.1, -0.05) is 64.6 Å². The Kier molecular flexibility index (Phi) is 5.97. The summed E-state index contributed by atoms with van der Waals surface area (Å²) in [5.41, 5.74) is 2.22. The van der Waals surface area contributed by atoms with Crippen LogP contribution in [0, 0.1) is 0 Å². The quantitative estimate of drug-likeness (QED) is 0.309. The number of tetrazole rings is 1. The molecule has 1 N–H and O–H groups in total. The highest BCUT2D eigenvalue weighted by Crippen LogP contribution is 2.39. The maximum atomic E-state index is 13.0. The van der Waals surface area contributed by atoms with Gasteiger partial charge in [-0.3, -0.25) is 0 Å². The van der Waals surface area contributed by atoms with Crippen molar-refractivity contribution in [2.45, 2.75) is 17.3 Å². The minimum atomic E-state index is -0.454. The predicted octanol–water partition coefficient (Wildman–Crippen LogP) is 3.88. The lowest BCUT2D eigenvalue weighted by Crippen LogP contribution is -2.30. The Labute approximate surface area is 195 Å². The van der Waals surface area contributed by atoms with Gasteiger partial charge in [0.05, 0.1) is 12.2 Å². The Bertz CT molecular complexity index is 1250. The van der Waals surface area contributed by atoms with E-state index in [2.05, 4.69) is 31.0 Å². The molecule has 162 valence electrons. The first kappa shape index (κ1) is 20.8. The molecule has 1 aliphatic rings. The van der Waals surface area contributed by atoms with Crippen molar-refractivity contribution in [3.05, 3.63) is 64.0 Å². The fourth-order valence-electron chi connectivity index (χ4n) is 3.31. The van der Waals surface area contributed by atoms with Crippen molar-refractivity contribution in [1.29, 1.82) is 0 Å². The molecule has 1 aromatic carbocycles. The fourth-order valence-corrected chi connectivity index (χ4v) is 5.95. The molecule has 4 heterocycles. The highest BCUT2D eigenvalue weighted by molar-refractivity contribution is 8.01. The predicted molar refractivity (Wildman–Crippen MR) is 124 cm³/mol. The van der Waals surface area contributed by atoms with Gasteiger partial charge < -0.3 is 10.1 Å². The first-order chi connectivity index (χ1) is 15.7. The zero-order valence-electron chi connectivity index (χ0n) is 16.8. The van der Waals surface area contributed by atoms with Crippen LogP contribution < -0.4 is 5.32 Å². The van der Waals surface area contributed by atoms with Crippen molar-refractivity contribution < 1.29 is 9.53 Å². The van der Waals surface area contributed by atoms with E-state index >= 15 is 0 Å². The Balaban J connectivity index is 1.47. The smallest absolute Gasteiger partial charge is 0.338 e. The summed E-state index contributed by atoms with van der Waals surface area (Å²) in [5.74, 6) is 0.554. The molecular formula is C20H17N7O2S3. The van der Waals surface area contributed by atoms with E-state index in [1.54, 1.807) is 11.6 Å². The molecule has 4 aromatic rings. The van der Waals surface area contributed by atoms with Gasteiger partial charge in [-0.15, -0.1) is 21.5 Å². The van der Waals surface area contributed by atoms with Crippen LogP contribution >= 0.6 is 34.4 Å². The summed E-state index contributed by atoms with van der Waals surface area (Å²) in [6.45, 7) is 2.07. The van der Waals surface area contributed by atoms with Crippen LogP contribution in [0.3, 0.4) is 0 Å². The third-order valence-corrected chi connectivity index (χ3v) is 7.73. The van der Waals surface area contributed by atoms with E-state index < -0.39 is 12.0 Å². The Morgan fingerprint density at radius 3 is 2.84 bits per heavy atom. The summed E-state index contributed by atoms with van der Waals surface area (Å²) in [6, 6.07) is 13.4. The van der Waals surface area contributed by atoms with Gasteiger partial charge in [-0.2, -0.15) is 4.68 Å². The lowest BCUT2D eigenvalue weighted by Gasteiger charge is -2.27. The minimum Gasteiger partial charge on any atom is -0.463 e. The molecule has 1 unspecified atom stereocenters. The molecule has 0 radical (unpaired) electrons. The largest absolute Gasteiger partial charge is 0.463 e. The molecule has 9 nitrogen and oxygen atoms in total. The topological polar surface area (TPSA) is 108 Å². The number of rotatable bonds is 7. The van der Waals surface area contributed by atoms with Crippen LogP contribution in [-0.2, 0) is 9.53 Å². The SMILES string of the molecule is CCOC(=O)C1=C(CSc2nnc(-c3ccccc3)s2)Nc2nnnn2C1c1cccs1. The molecule has 3 aromatic heterocycles. The number of anilines is 1. The average Bonchev–Trinajstić information content (AvgIpc) is 3.59. The van der Waals surface area contributed by atoms with E-state index in [0.717, 1.165) is 19.8 Å². The van der Waals surface area contributed by atoms with E-state index in [4.69, 9.17) is 4.74 Å². The summed E-state index contributed by atoms with van der Waals surface area (Å²) >= 11 is 4.55. The van der Waals surface area contributed by atoms with E-state index in [0.29, 0.717) is 23.0 Å². The molecule has 0 aliphatic carbocycles. The molecule has 0 spiro atoms. The van der Waals surface area contributed by atoms with Crippen LogP contribution in [0.15, 0.2) is 63.5 Å². The number of nitrogens with zero attached hydrogens (tertiary/aromatic N) is 6. The van der Waals surface area contributed by atoms with Gasteiger partial charge in [0, 0.05) is 21.9 Å². The van der Waals surface area contributed by atoms with E-state index in [1.165, 1.54) is 34.4 Å². The van der Waals surface area contributed by atoms with Gasteiger partial charge >= 0.3 is 5.97 Å². The fraction of sp³-hybridized carbons (Fsp3) is 0.200. The standard InChI is InChI=1S/C20H17N7O2S3/c1-2-29-18(28)15-13(11-31-20-24-22-17(32-20)12-7-4-3-5-8-12)21-19-23-25-26-27(19)16(15)14-9-6-10-30-14/h3-10,16H,2,11H2,1H3,(H,21,23,26). The summed E-state index contributed by atoms with van der Waals surface area (Å²) in [5, 5.41) is 26.6. The van der Waals surface area contributed by atoms with Crippen LogP contribution in [0.5, 0.6) is 0 Å².